The first-order valence-corrected chi connectivity index (χ1v) is 6.15. The van der Waals surface area contributed by atoms with E-state index < -0.39 is 5.92 Å². The lowest BCUT2D eigenvalue weighted by molar-refractivity contribution is -0.130. The fraction of sp³-hybridized carbons (Fsp3) is 0.917. The number of carbonyl (C=O) groups is 1. The Kier molecular flexibility index (Phi) is 4.86. The van der Waals surface area contributed by atoms with Crippen LogP contribution in [0.4, 0.5) is 8.78 Å². The number of hydrogen-bond acceptors (Lipinski definition) is 2. The zero-order valence-corrected chi connectivity index (χ0v) is 10.4. The molecule has 100 valence electrons. The van der Waals surface area contributed by atoms with Gasteiger partial charge in [-0.15, -0.1) is 0 Å². The molecule has 1 aliphatic rings. The normalized spacial score (nSPS) is 22.5. The maximum Gasteiger partial charge on any atom is 0.248 e. The Morgan fingerprint density at radius 1 is 1.41 bits per heavy atom. The maximum atomic E-state index is 12.9. The van der Waals surface area contributed by atoms with E-state index in [9.17, 15) is 13.6 Å². The van der Waals surface area contributed by atoms with Crippen molar-refractivity contribution in [2.75, 3.05) is 6.61 Å². The zero-order chi connectivity index (χ0) is 13.1. The smallest absolute Gasteiger partial charge is 0.248 e. The van der Waals surface area contributed by atoms with E-state index in [4.69, 9.17) is 5.11 Å². The molecule has 0 aromatic carbocycles. The molecule has 1 rings (SSSR count). The van der Waals surface area contributed by atoms with Crippen LogP contribution < -0.4 is 5.32 Å². The summed E-state index contributed by atoms with van der Waals surface area (Å²) in [6, 6.07) is -0.287. The summed E-state index contributed by atoms with van der Waals surface area (Å²) in [7, 11) is 0. The van der Waals surface area contributed by atoms with Gasteiger partial charge < -0.3 is 10.4 Å². The molecule has 0 saturated heterocycles. The maximum absolute atomic E-state index is 12.9. The largest absolute Gasteiger partial charge is 0.394 e. The second kappa shape index (κ2) is 5.76. The number of amides is 1. The summed E-state index contributed by atoms with van der Waals surface area (Å²) in [5, 5.41) is 11.8. The van der Waals surface area contributed by atoms with Crippen LogP contribution in [0.3, 0.4) is 0 Å². The van der Waals surface area contributed by atoms with Crippen LogP contribution in [-0.2, 0) is 4.79 Å². The number of halogens is 2. The standard InChI is InChI=1S/C12H21F2NO2/c1-8(2)10(7-16)15-11(17)9-3-5-12(13,14)6-4-9/h8-10,16H,3-7H2,1-2H3,(H,15,17). The summed E-state index contributed by atoms with van der Waals surface area (Å²) < 4.78 is 25.9. The van der Waals surface area contributed by atoms with E-state index in [0.29, 0.717) is 0 Å². The molecule has 1 aliphatic carbocycles. The van der Waals surface area contributed by atoms with Crippen LogP contribution in [0.1, 0.15) is 39.5 Å². The summed E-state index contributed by atoms with van der Waals surface area (Å²) in [6.07, 6.45) is 0.0390. The minimum absolute atomic E-state index is 0.119. The Morgan fingerprint density at radius 2 is 1.94 bits per heavy atom. The van der Waals surface area contributed by atoms with Crippen molar-refractivity contribution < 1.29 is 18.7 Å². The van der Waals surface area contributed by atoms with Gasteiger partial charge in [-0.1, -0.05) is 13.8 Å². The Balaban J connectivity index is 2.44. The van der Waals surface area contributed by atoms with Crippen LogP contribution in [0.15, 0.2) is 0 Å². The molecular formula is C12H21F2NO2. The van der Waals surface area contributed by atoms with E-state index in [-0.39, 0.29) is 56.1 Å². The summed E-state index contributed by atoms with van der Waals surface area (Å²) in [4.78, 5) is 11.8. The van der Waals surface area contributed by atoms with Crippen molar-refractivity contribution in [3.8, 4) is 0 Å². The average molecular weight is 249 g/mol. The minimum atomic E-state index is -2.61. The van der Waals surface area contributed by atoms with E-state index in [1.54, 1.807) is 0 Å². The van der Waals surface area contributed by atoms with Gasteiger partial charge in [-0.3, -0.25) is 4.79 Å². The summed E-state index contributed by atoms with van der Waals surface area (Å²) >= 11 is 0. The van der Waals surface area contributed by atoms with E-state index in [2.05, 4.69) is 5.32 Å². The lowest BCUT2D eigenvalue weighted by atomic mass is 9.86. The van der Waals surface area contributed by atoms with Crippen molar-refractivity contribution in [3.05, 3.63) is 0 Å². The molecule has 0 bridgehead atoms. The molecule has 1 amide bonds. The van der Waals surface area contributed by atoms with E-state index in [0.717, 1.165) is 0 Å². The first-order chi connectivity index (χ1) is 7.85. The molecule has 0 radical (unpaired) electrons. The monoisotopic (exact) mass is 249 g/mol. The molecule has 3 nitrogen and oxygen atoms in total. The highest BCUT2D eigenvalue weighted by atomic mass is 19.3. The van der Waals surface area contributed by atoms with Gasteiger partial charge in [-0.05, 0) is 18.8 Å². The van der Waals surface area contributed by atoms with Gasteiger partial charge in [0.2, 0.25) is 11.8 Å². The van der Waals surface area contributed by atoms with Gasteiger partial charge in [-0.2, -0.15) is 0 Å². The highest BCUT2D eigenvalue weighted by molar-refractivity contribution is 5.79. The third-order valence-corrected chi connectivity index (χ3v) is 3.42. The molecular weight excluding hydrogens is 228 g/mol. The van der Waals surface area contributed by atoms with Crippen molar-refractivity contribution in [3.63, 3.8) is 0 Å². The molecule has 2 N–H and O–H groups in total. The van der Waals surface area contributed by atoms with Gasteiger partial charge in [0.05, 0.1) is 12.6 Å². The fourth-order valence-electron chi connectivity index (χ4n) is 2.03. The fourth-order valence-corrected chi connectivity index (χ4v) is 2.03. The molecule has 1 unspecified atom stereocenters. The van der Waals surface area contributed by atoms with Crippen molar-refractivity contribution >= 4 is 5.91 Å². The number of rotatable bonds is 4. The average Bonchev–Trinajstić information content (AvgIpc) is 2.25. The predicted octanol–water partition coefficient (Wildman–Crippen LogP) is 1.95. The molecule has 1 fully saturated rings. The topological polar surface area (TPSA) is 49.3 Å². The van der Waals surface area contributed by atoms with Crippen molar-refractivity contribution in [2.24, 2.45) is 11.8 Å². The van der Waals surface area contributed by atoms with Crippen LogP contribution in [0.5, 0.6) is 0 Å². The number of nitrogens with one attached hydrogen (secondary N) is 1. The lowest BCUT2D eigenvalue weighted by Crippen LogP contribution is -2.45. The summed E-state index contributed by atoms with van der Waals surface area (Å²) in [6.45, 7) is 3.68. The van der Waals surface area contributed by atoms with E-state index in [1.165, 1.54) is 0 Å². The molecule has 1 atom stereocenters. The molecule has 0 aromatic heterocycles. The third kappa shape index (κ3) is 4.22. The number of hydrogen-bond donors (Lipinski definition) is 2. The quantitative estimate of drug-likeness (QED) is 0.800. The number of carbonyl (C=O) groups excluding carboxylic acids is 1. The van der Waals surface area contributed by atoms with Crippen molar-refractivity contribution in [2.45, 2.75) is 51.5 Å². The zero-order valence-electron chi connectivity index (χ0n) is 10.4. The molecule has 0 spiro atoms. The van der Waals surface area contributed by atoms with Gasteiger partial charge in [0.1, 0.15) is 0 Å². The Labute approximate surface area is 101 Å². The van der Waals surface area contributed by atoms with Gasteiger partial charge in [0, 0.05) is 18.8 Å². The van der Waals surface area contributed by atoms with Crippen LogP contribution >= 0.6 is 0 Å². The van der Waals surface area contributed by atoms with Crippen LogP contribution in [0, 0.1) is 11.8 Å². The first-order valence-electron chi connectivity index (χ1n) is 6.15. The Bertz CT molecular complexity index is 259. The molecule has 0 heterocycles. The summed E-state index contributed by atoms with van der Waals surface area (Å²) in [5.41, 5.74) is 0. The van der Waals surface area contributed by atoms with Gasteiger partial charge >= 0.3 is 0 Å². The second-order valence-electron chi connectivity index (χ2n) is 5.17. The second-order valence-corrected chi connectivity index (χ2v) is 5.17. The molecule has 0 aromatic rings. The van der Waals surface area contributed by atoms with Gasteiger partial charge in [0.25, 0.3) is 0 Å². The van der Waals surface area contributed by atoms with Gasteiger partial charge in [-0.25, -0.2) is 8.78 Å². The van der Waals surface area contributed by atoms with Crippen LogP contribution in [-0.4, -0.2) is 29.6 Å². The highest BCUT2D eigenvalue weighted by Gasteiger charge is 2.37. The molecule has 1 saturated carbocycles. The van der Waals surface area contributed by atoms with Crippen LogP contribution in [0.25, 0.3) is 0 Å². The van der Waals surface area contributed by atoms with Crippen molar-refractivity contribution in [1.82, 2.24) is 5.32 Å². The Morgan fingerprint density at radius 3 is 2.35 bits per heavy atom. The Hall–Kier alpha value is -0.710. The third-order valence-electron chi connectivity index (χ3n) is 3.42. The first kappa shape index (κ1) is 14.4. The molecule has 17 heavy (non-hydrogen) atoms. The highest BCUT2D eigenvalue weighted by Crippen LogP contribution is 2.36. The van der Waals surface area contributed by atoms with Crippen LogP contribution in [0.2, 0.25) is 0 Å². The van der Waals surface area contributed by atoms with Gasteiger partial charge in [0.15, 0.2) is 0 Å². The number of aliphatic hydroxyl groups excluding tert-OH is 1. The number of aliphatic hydroxyl groups is 1. The number of alkyl halides is 2. The SMILES string of the molecule is CC(C)C(CO)NC(=O)C1CCC(F)(F)CC1. The lowest BCUT2D eigenvalue weighted by Gasteiger charge is -2.29. The van der Waals surface area contributed by atoms with Crippen molar-refractivity contribution in [1.29, 1.82) is 0 Å². The van der Waals surface area contributed by atoms with E-state index >= 15 is 0 Å². The predicted molar refractivity (Wildman–Crippen MR) is 60.8 cm³/mol. The minimum Gasteiger partial charge on any atom is -0.394 e. The molecule has 0 aliphatic heterocycles. The summed E-state index contributed by atoms with van der Waals surface area (Å²) in [5.74, 6) is -3.00. The van der Waals surface area contributed by atoms with E-state index in [1.807, 2.05) is 13.8 Å². The molecule has 5 heteroatoms.